The summed E-state index contributed by atoms with van der Waals surface area (Å²) >= 11 is 3.38. The molecule has 0 aliphatic carbocycles. The van der Waals surface area contributed by atoms with Crippen LogP contribution < -0.4 is 5.73 Å². The highest BCUT2D eigenvalue weighted by Crippen LogP contribution is 2.19. The summed E-state index contributed by atoms with van der Waals surface area (Å²) in [5, 5.41) is 0. The molecule has 17 heavy (non-hydrogen) atoms. The summed E-state index contributed by atoms with van der Waals surface area (Å²) in [6.07, 6.45) is 1.77. The van der Waals surface area contributed by atoms with Crippen LogP contribution in [0.2, 0.25) is 0 Å². The number of nitrogens with zero attached hydrogens (tertiary/aromatic N) is 4. The van der Waals surface area contributed by atoms with Crippen LogP contribution in [0.1, 0.15) is 6.92 Å². The number of aromatic nitrogens is 3. The number of nitrogens with two attached hydrogens (primary N) is 1. The number of nitrogen functional groups attached to an aromatic ring is 1. The fourth-order valence-corrected chi connectivity index (χ4v) is 1.97. The van der Waals surface area contributed by atoms with Crippen LogP contribution in [0.15, 0.2) is 16.7 Å². The quantitative estimate of drug-likeness (QED) is 0.934. The minimum atomic E-state index is 0.523. The summed E-state index contributed by atoms with van der Waals surface area (Å²) in [6, 6.07) is 1.93. The van der Waals surface area contributed by atoms with Gasteiger partial charge in [0.25, 0.3) is 0 Å². The number of hydrogen-bond donors (Lipinski definition) is 1. The van der Waals surface area contributed by atoms with Crippen LogP contribution in [0.25, 0.3) is 11.2 Å². The van der Waals surface area contributed by atoms with E-state index < -0.39 is 0 Å². The van der Waals surface area contributed by atoms with E-state index in [0.29, 0.717) is 5.95 Å². The average molecular weight is 298 g/mol. The molecule has 0 aliphatic rings. The number of imidazole rings is 1. The van der Waals surface area contributed by atoms with Crippen LogP contribution in [0.3, 0.4) is 0 Å². The number of anilines is 1. The van der Waals surface area contributed by atoms with Crippen molar-refractivity contribution in [2.75, 3.05) is 25.9 Å². The van der Waals surface area contributed by atoms with Gasteiger partial charge in [0, 0.05) is 23.8 Å². The molecule has 0 radical (unpaired) electrons. The molecule has 2 N–H and O–H groups in total. The van der Waals surface area contributed by atoms with Gasteiger partial charge in [0.05, 0.1) is 0 Å². The Bertz CT molecular complexity index is 522. The first kappa shape index (κ1) is 12.3. The van der Waals surface area contributed by atoms with Crippen LogP contribution in [0.4, 0.5) is 5.95 Å². The maximum absolute atomic E-state index is 5.91. The van der Waals surface area contributed by atoms with Crippen molar-refractivity contribution in [2.45, 2.75) is 13.5 Å². The van der Waals surface area contributed by atoms with Crippen molar-refractivity contribution in [3.05, 3.63) is 16.7 Å². The fraction of sp³-hybridized carbons (Fsp3) is 0.455. The SMILES string of the molecule is CCN(C)CCn1c(N)nc2cc(Br)cnc21. The Morgan fingerprint density at radius 2 is 2.29 bits per heavy atom. The highest BCUT2D eigenvalue weighted by atomic mass is 79.9. The number of hydrogen-bond acceptors (Lipinski definition) is 4. The van der Waals surface area contributed by atoms with Crippen LogP contribution in [-0.2, 0) is 6.54 Å². The predicted octanol–water partition coefficient (Wildman–Crippen LogP) is 1.73. The van der Waals surface area contributed by atoms with E-state index in [9.17, 15) is 0 Å². The van der Waals surface area contributed by atoms with E-state index >= 15 is 0 Å². The van der Waals surface area contributed by atoms with Crippen LogP contribution >= 0.6 is 15.9 Å². The van der Waals surface area contributed by atoms with Gasteiger partial charge in [0.1, 0.15) is 5.52 Å². The Morgan fingerprint density at radius 3 is 3.00 bits per heavy atom. The second-order valence-electron chi connectivity index (χ2n) is 4.01. The molecule has 2 heterocycles. The Morgan fingerprint density at radius 1 is 1.53 bits per heavy atom. The first-order valence-electron chi connectivity index (χ1n) is 5.57. The van der Waals surface area contributed by atoms with Gasteiger partial charge < -0.3 is 10.6 Å². The van der Waals surface area contributed by atoms with E-state index in [1.54, 1.807) is 6.20 Å². The largest absolute Gasteiger partial charge is 0.369 e. The molecular formula is C11H16BrN5. The van der Waals surface area contributed by atoms with Crippen LogP contribution in [-0.4, -0.2) is 39.6 Å². The summed E-state index contributed by atoms with van der Waals surface area (Å²) in [5.74, 6) is 0.523. The third-order valence-electron chi connectivity index (χ3n) is 2.83. The molecule has 6 heteroatoms. The predicted molar refractivity (Wildman–Crippen MR) is 72.8 cm³/mol. The third-order valence-corrected chi connectivity index (χ3v) is 3.26. The Hall–Kier alpha value is -1.14. The molecule has 0 aromatic carbocycles. The molecule has 0 amide bonds. The molecule has 0 saturated carbocycles. The highest BCUT2D eigenvalue weighted by Gasteiger charge is 2.09. The van der Waals surface area contributed by atoms with Crippen molar-refractivity contribution in [1.29, 1.82) is 0 Å². The summed E-state index contributed by atoms with van der Waals surface area (Å²) in [5.41, 5.74) is 7.58. The minimum absolute atomic E-state index is 0.523. The fourth-order valence-electron chi connectivity index (χ4n) is 1.65. The van der Waals surface area contributed by atoms with E-state index in [4.69, 9.17) is 5.73 Å². The molecule has 5 nitrogen and oxygen atoms in total. The summed E-state index contributed by atoms with van der Waals surface area (Å²) < 4.78 is 2.87. The molecule has 0 aliphatic heterocycles. The van der Waals surface area contributed by atoms with Gasteiger partial charge in [-0.05, 0) is 35.6 Å². The monoisotopic (exact) mass is 297 g/mol. The number of pyridine rings is 1. The van der Waals surface area contributed by atoms with Crippen molar-refractivity contribution < 1.29 is 0 Å². The lowest BCUT2D eigenvalue weighted by Crippen LogP contribution is -2.23. The molecule has 2 rings (SSSR count). The average Bonchev–Trinajstić information content (AvgIpc) is 2.61. The number of fused-ring (bicyclic) bond motifs is 1. The van der Waals surface area contributed by atoms with Gasteiger partial charge in [-0.1, -0.05) is 6.92 Å². The van der Waals surface area contributed by atoms with Crippen molar-refractivity contribution >= 4 is 33.0 Å². The molecule has 0 bridgehead atoms. The van der Waals surface area contributed by atoms with Gasteiger partial charge >= 0.3 is 0 Å². The maximum atomic E-state index is 5.91. The molecule has 92 valence electrons. The smallest absolute Gasteiger partial charge is 0.202 e. The van der Waals surface area contributed by atoms with Gasteiger partial charge in [-0.3, -0.25) is 4.57 Å². The molecule has 0 fully saturated rings. The molecule has 0 unspecified atom stereocenters. The molecule has 0 spiro atoms. The molecular weight excluding hydrogens is 282 g/mol. The number of halogens is 1. The Kier molecular flexibility index (Phi) is 3.63. The first-order valence-corrected chi connectivity index (χ1v) is 6.37. The second kappa shape index (κ2) is 5.01. The lowest BCUT2D eigenvalue weighted by atomic mass is 10.4. The van der Waals surface area contributed by atoms with Gasteiger partial charge in [0.15, 0.2) is 5.65 Å². The van der Waals surface area contributed by atoms with Crippen molar-refractivity contribution in [1.82, 2.24) is 19.4 Å². The molecule has 0 saturated heterocycles. The third kappa shape index (κ3) is 2.58. The molecule has 2 aromatic rings. The Balaban J connectivity index is 2.30. The van der Waals surface area contributed by atoms with Crippen molar-refractivity contribution in [2.24, 2.45) is 0 Å². The lowest BCUT2D eigenvalue weighted by molar-refractivity contribution is 0.338. The lowest BCUT2D eigenvalue weighted by Gasteiger charge is -2.14. The van der Waals surface area contributed by atoms with Gasteiger partial charge in [-0.2, -0.15) is 0 Å². The van der Waals surface area contributed by atoms with E-state index in [1.165, 1.54) is 0 Å². The number of rotatable bonds is 4. The zero-order chi connectivity index (χ0) is 12.4. The minimum Gasteiger partial charge on any atom is -0.369 e. The molecule has 0 atom stereocenters. The first-order chi connectivity index (χ1) is 8.11. The van der Waals surface area contributed by atoms with E-state index in [2.05, 4.69) is 44.8 Å². The molecule has 2 aromatic heterocycles. The van der Waals surface area contributed by atoms with Crippen LogP contribution in [0.5, 0.6) is 0 Å². The van der Waals surface area contributed by atoms with E-state index in [1.807, 2.05) is 10.6 Å². The highest BCUT2D eigenvalue weighted by molar-refractivity contribution is 9.10. The normalized spacial score (nSPS) is 11.5. The zero-order valence-corrected chi connectivity index (χ0v) is 11.6. The van der Waals surface area contributed by atoms with E-state index in [0.717, 1.165) is 35.3 Å². The topological polar surface area (TPSA) is 60.0 Å². The number of likely N-dealkylation sites (N-methyl/N-ethyl adjacent to an activating group) is 1. The van der Waals surface area contributed by atoms with Crippen LogP contribution in [0, 0.1) is 0 Å². The summed E-state index contributed by atoms with van der Waals surface area (Å²) in [6.45, 7) is 4.89. The van der Waals surface area contributed by atoms with E-state index in [-0.39, 0.29) is 0 Å². The zero-order valence-electron chi connectivity index (χ0n) is 10.0. The van der Waals surface area contributed by atoms with Gasteiger partial charge in [0.2, 0.25) is 5.95 Å². The Labute approximate surface area is 109 Å². The van der Waals surface area contributed by atoms with Crippen molar-refractivity contribution in [3.8, 4) is 0 Å². The maximum Gasteiger partial charge on any atom is 0.202 e. The van der Waals surface area contributed by atoms with Gasteiger partial charge in [-0.15, -0.1) is 0 Å². The summed E-state index contributed by atoms with van der Waals surface area (Å²) in [7, 11) is 2.08. The van der Waals surface area contributed by atoms with Crippen molar-refractivity contribution in [3.63, 3.8) is 0 Å². The standard InChI is InChI=1S/C11H16BrN5/c1-3-16(2)4-5-17-10-9(15-11(17)13)6-8(12)7-14-10/h6-7H,3-5H2,1-2H3,(H2,13,15). The summed E-state index contributed by atoms with van der Waals surface area (Å²) in [4.78, 5) is 10.9. The second-order valence-corrected chi connectivity index (χ2v) is 4.93. The van der Waals surface area contributed by atoms with Gasteiger partial charge in [-0.25, -0.2) is 9.97 Å².